The van der Waals surface area contributed by atoms with Gasteiger partial charge in [-0.1, -0.05) is 25.1 Å². The first-order chi connectivity index (χ1) is 12.7. The number of amides is 1. The molecule has 3 heterocycles. The van der Waals surface area contributed by atoms with E-state index in [2.05, 4.69) is 27.2 Å². The number of carbonyl (C=O) groups excluding carboxylic acids is 1. The number of fused-ring (bicyclic) bond motifs is 1. The minimum atomic E-state index is -0.146. The highest BCUT2D eigenvalue weighted by Gasteiger charge is 2.28. The minimum absolute atomic E-state index is 0.118. The summed E-state index contributed by atoms with van der Waals surface area (Å²) in [6.07, 6.45) is 1.57. The minimum Gasteiger partial charge on any atom is -0.496 e. The van der Waals surface area contributed by atoms with Crippen molar-refractivity contribution in [2.45, 2.75) is 25.7 Å². The van der Waals surface area contributed by atoms with Crippen LogP contribution >= 0.6 is 11.3 Å². The van der Waals surface area contributed by atoms with Gasteiger partial charge >= 0.3 is 0 Å². The number of aromatic amines is 1. The van der Waals surface area contributed by atoms with Crippen molar-refractivity contribution in [2.24, 2.45) is 0 Å². The Labute approximate surface area is 155 Å². The number of hydrogen-bond acceptors (Lipinski definition) is 5. The zero-order chi connectivity index (χ0) is 18.1. The van der Waals surface area contributed by atoms with Crippen molar-refractivity contribution >= 4 is 17.2 Å². The van der Waals surface area contributed by atoms with Gasteiger partial charge in [0.15, 0.2) is 10.8 Å². The van der Waals surface area contributed by atoms with Crippen molar-refractivity contribution in [3.8, 4) is 16.6 Å². The van der Waals surface area contributed by atoms with Crippen LogP contribution in [0, 0.1) is 0 Å². The number of methoxy groups -OCH3 is 1. The van der Waals surface area contributed by atoms with Gasteiger partial charge < -0.3 is 15.0 Å². The molecule has 0 bridgehead atoms. The number of H-pyrrole nitrogens is 1. The summed E-state index contributed by atoms with van der Waals surface area (Å²) in [4.78, 5) is 24.9. The number of hydrogen-bond donors (Lipinski definition) is 2. The zero-order valence-corrected chi connectivity index (χ0v) is 15.5. The number of thiazole rings is 1. The zero-order valence-electron chi connectivity index (χ0n) is 14.7. The first kappa shape index (κ1) is 16.8. The fourth-order valence-corrected chi connectivity index (χ4v) is 4.11. The van der Waals surface area contributed by atoms with Gasteiger partial charge in [0.2, 0.25) is 0 Å². The fraction of sp³-hybridized carbons (Fsp3) is 0.316. The average Bonchev–Trinajstić information content (AvgIpc) is 3.28. The summed E-state index contributed by atoms with van der Waals surface area (Å²) in [5, 5.41) is 5.83. The molecule has 1 atom stereocenters. The Balaban J connectivity index is 1.69. The van der Waals surface area contributed by atoms with Crippen molar-refractivity contribution in [1.82, 2.24) is 20.3 Å². The normalized spacial score (nSPS) is 16.7. The summed E-state index contributed by atoms with van der Waals surface area (Å²) < 4.78 is 5.50. The quantitative estimate of drug-likeness (QED) is 0.741. The maximum absolute atomic E-state index is 12.5. The molecule has 1 unspecified atom stereocenters. The van der Waals surface area contributed by atoms with E-state index in [-0.39, 0.29) is 11.8 Å². The molecular formula is C19H20N4O2S. The number of aryl methyl sites for hydroxylation is 1. The maximum atomic E-state index is 12.5. The van der Waals surface area contributed by atoms with E-state index in [1.165, 1.54) is 0 Å². The van der Waals surface area contributed by atoms with Crippen molar-refractivity contribution in [3.63, 3.8) is 0 Å². The Morgan fingerprint density at radius 3 is 2.92 bits per heavy atom. The molecule has 7 heteroatoms. The highest BCUT2D eigenvalue weighted by molar-refractivity contribution is 7.13. The van der Waals surface area contributed by atoms with Crippen molar-refractivity contribution in [3.05, 3.63) is 52.3 Å². The lowest BCUT2D eigenvalue weighted by atomic mass is 9.93. The van der Waals surface area contributed by atoms with Crippen LogP contribution in [0.25, 0.3) is 10.8 Å². The predicted molar refractivity (Wildman–Crippen MR) is 101 cm³/mol. The summed E-state index contributed by atoms with van der Waals surface area (Å²) in [6.45, 7) is 2.62. The monoisotopic (exact) mass is 368 g/mol. The summed E-state index contributed by atoms with van der Waals surface area (Å²) in [5.41, 5.74) is 3.43. The van der Waals surface area contributed by atoms with Gasteiger partial charge in [0.05, 0.1) is 12.8 Å². The third kappa shape index (κ3) is 2.99. The lowest BCUT2D eigenvalue weighted by Crippen LogP contribution is -2.26. The van der Waals surface area contributed by atoms with Crippen LogP contribution in [0.1, 0.15) is 40.3 Å². The van der Waals surface area contributed by atoms with E-state index >= 15 is 0 Å². The molecule has 1 aliphatic heterocycles. The molecule has 2 N–H and O–H groups in total. The van der Waals surface area contributed by atoms with Crippen molar-refractivity contribution < 1.29 is 9.53 Å². The van der Waals surface area contributed by atoms with E-state index in [9.17, 15) is 4.79 Å². The Kier molecular flexibility index (Phi) is 4.46. The summed E-state index contributed by atoms with van der Waals surface area (Å²) in [6, 6.07) is 7.94. The third-order valence-corrected chi connectivity index (χ3v) is 5.55. The summed E-state index contributed by atoms with van der Waals surface area (Å²) >= 11 is 1.54. The lowest BCUT2D eigenvalue weighted by molar-refractivity contribution is 0.0950. The maximum Gasteiger partial charge on any atom is 0.271 e. The highest BCUT2D eigenvalue weighted by atomic mass is 32.1. The van der Waals surface area contributed by atoms with Crippen LogP contribution in [-0.4, -0.2) is 34.5 Å². The van der Waals surface area contributed by atoms with E-state index in [0.717, 1.165) is 34.1 Å². The molecule has 1 aliphatic rings. The molecule has 3 aromatic rings. The predicted octanol–water partition coefficient (Wildman–Crippen LogP) is 3.17. The number of ether oxygens (including phenoxy) is 1. The second-order valence-electron chi connectivity index (χ2n) is 6.26. The van der Waals surface area contributed by atoms with E-state index in [1.54, 1.807) is 18.4 Å². The summed E-state index contributed by atoms with van der Waals surface area (Å²) in [5.74, 6) is 1.47. The van der Waals surface area contributed by atoms with Gasteiger partial charge in [-0.15, -0.1) is 11.3 Å². The van der Waals surface area contributed by atoms with Crippen LogP contribution in [0.5, 0.6) is 5.75 Å². The van der Waals surface area contributed by atoms with Gasteiger partial charge in [0, 0.05) is 23.5 Å². The van der Waals surface area contributed by atoms with Gasteiger partial charge in [-0.25, -0.2) is 9.97 Å². The summed E-state index contributed by atoms with van der Waals surface area (Å²) in [7, 11) is 1.67. The smallest absolute Gasteiger partial charge is 0.271 e. The molecule has 26 heavy (non-hydrogen) atoms. The van der Waals surface area contributed by atoms with Crippen molar-refractivity contribution in [2.75, 3.05) is 13.7 Å². The van der Waals surface area contributed by atoms with Crippen LogP contribution in [0.4, 0.5) is 0 Å². The van der Waals surface area contributed by atoms with Crippen LogP contribution in [0.15, 0.2) is 29.6 Å². The number of aromatic nitrogens is 3. The third-order valence-electron chi connectivity index (χ3n) is 4.65. The molecule has 0 radical (unpaired) electrons. The van der Waals surface area contributed by atoms with Crippen LogP contribution in [-0.2, 0) is 12.8 Å². The molecule has 134 valence electrons. The molecule has 4 rings (SSSR count). The number of rotatable bonds is 4. The lowest BCUT2D eigenvalue weighted by Gasteiger charge is -2.17. The number of imidazole rings is 1. The second-order valence-corrected chi connectivity index (χ2v) is 7.12. The molecular weight excluding hydrogens is 348 g/mol. The second kappa shape index (κ2) is 6.92. The molecule has 0 saturated carbocycles. The van der Waals surface area contributed by atoms with Gasteiger partial charge in [-0.05, 0) is 24.5 Å². The Morgan fingerprint density at radius 1 is 1.31 bits per heavy atom. The van der Waals surface area contributed by atoms with E-state index in [4.69, 9.17) is 4.74 Å². The molecule has 1 aromatic carbocycles. The van der Waals surface area contributed by atoms with Gasteiger partial charge in [0.1, 0.15) is 11.4 Å². The van der Waals surface area contributed by atoms with E-state index in [0.29, 0.717) is 24.5 Å². The number of benzene rings is 1. The SMILES string of the molecule is CCc1csc(-c2nc3c([nH]2)CC(c2ccccc2OC)CNC3=O)n1. The molecule has 1 amide bonds. The Bertz CT molecular complexity index is 947. The first-order valence-corrected chi connectivity index (χ1v) is 9.52. The van der Waals surface area contributed by atoms with E-state index in [1.807, 2.05) is 29.6 Å². The van der Waals surface area contributed by atoms with Gasteiger partial charge in [-0.2, -0.15) is 0 Å². The van der Waals surface area contributed by atoms with Gasteiger partial charge in [-0.3, -0.25) is 4.79 Å². The molecule has 0 aliphatic carbocycles. The van der Waals surface area contributed by atoms with Gasteiger partial charge in [0.25, 0.3) is 5.91 Å². The number of para-hydroxylation sites is 1. The number of carbonyl (C=O) groups is 1. The molecule has 0 spiro atoms. The average molecular weight is 368 g/mol. The Morgan fingerprint density at radius 2 is 2.15 bits per heavy atom. The van der Waals surface area contributed by atoms with Crippen LogP contribution in [0.3, 0.4) is 0 Å². The van der Waals surface area contributed by atoms with Crippen LogP contribution < -0.4 is 10.1 Å². The Hall–Kier alpha value is -2.67. The fourth-order valence-electron chi connectivity index (χ4n) is 3.27. The van der Waals surface area contributed by atoms with E-state index < -0.39 is 0 Å². The molecule has 2 aromatic heterocycles. The number of nitrogens with one attached hydrogen (secondary N) is 2. The van der Waals surface area contributed by atoms with Crippen molar-refractivity contribution in [1.29, 1.82) is 0 Å². The largest absolute Gasteiger partial charge is 0.496 e. The highest BCUT2D eigenvalue weighted by Crippen LogP contribution is 2.32. The topological polar surface area (TPSA) is 79.9 Å². The standard InChI is InChI=1S/C19H20N4O2S/c1-3-12-10-26-19(21-12)17-22-14-8-11(9-20-18(24)16(14)23-17)13-6-4-5-7-15(13)25-2/h4-7,10-11H,3,8-9H2,1-2H3,(H,20,24)(H,22,23). The molecule has 0 fully saturated rings. The first-order valence-electron chi connectivity index (χ1n) is 8.64. The molecule has 6 nitrogen and oxygen atoms in total. The van der Waals surface area contributed by atoms with Crippen LogP contribution in [0.2, 0.25) is 0 Å². The number of nitrogens with zero attached hydrogens (tertiary/aromatic N) is 2. The molecule has 0 saturated heterocycles.